The Bertz CT molecular complexity index is 234. The van der Waals surface area contributed by atoms with E-state index in [1.807, 2.05) is 0 Å². The van der Waals surface area contributed by atoms with Crippen LogP contribution in [0.5, 0.6) is 0 Å². The first-order valence-corrected chi connectivity index (χ1v) is 5.38. The molecule has 0 spiro atoms. The average Bonchev–Trinajstić information content (AvgIpc) is 2.25. The van der Waals surface area contributed by atoms with Crippen LogP contribution in [0, 0.1) is 5.92 Å². The summed E-state index contributed by atoms with van der Waals surface area (Å²) in [7, 11) is 0. The Morgan fingerprint density at radius 2 is 1.81 bits per heavy atom. The molecule has 0 unspecified atom stereocenters. The van der Waals surface area contributed by atoms with Crippen molar-refractivity contribution in [1.82, 2.24) is 5.32 Å². The molecule has 1 amide bonds. The summed E-state index contributed by atoms with van der Waals surface area (Å²) < 4.78 is 25.6. The van der Waals surface area contributed by atoms with E-state index in [0.29, 0.717) is 0 Å². The maximum atomic E-state index is 12.8. The maximum Gasteiger partial charge on any atom is 0.248 e. The molecule has 0 heterocycles. The lowest BCUT2D eigenvalue weighted by atomic mass is 9.86. The third kappa shape index (κ3) is 3.68. The second kappa shape index (κ2) is 5.54. The number of hydrogen-bond donors (Lipinski definition) is 3. The SMILES string of the molecule is O=C(NC(CO)CO)C1CCC(F)(F)CC1. The molecule has 94 valence electrons. The summed E-state index contributed by atoms with van der Waals surface area (Å²) in [6, 6.07) is -0.699. The van der Waals surface area contributed by atoms with Crippen LogP contribution in [0.3, 0.4) is 0 Å². The van der Waals surface area contributed by atoms with Gasteiger partial charge in [0.25, 0.3) is 0 Å². The quantitative estimate of drug-likeness (QED) is 0.658. The number of carbonyl (C=O) groups excluding carboxylic acids is 1. The zero-order valence-corrected chi connectivity index (χ0v) is 8.96. The standard InChI is InChI=1S/C10H17F2NO3/c11-10(12)3-1-7(2-4-10)9(16)13-8(5-14)6-15/h7-8,14-15H,1-6H2,(H,13,16). The zero-order chi connectivity index (χ0) is 12.2. The molecule has 0 atom stereocenters. The van der Waals surface area contributed by atoms with Crippen molar-refractivity contribution in [2.24, 2.45) is 5.92 Å². The smallest absolute Gasteiger partial charge is 0.248 e. The Kier molecular flexibility index (Phi) is 4.61. The lowest BCUT2D eigenvalue weighted by molar-refractivity contribution is -0.130. The van der Waals surface area contributed by atoms with E-state index >= 15 is 0 Å². The van der Waals surface area contributed by atoms with Crippen LogP contribution in [0.1, 0.15) is 25.7 Å². The molecule has 0 aromatic heterocycles. The molecule has 0 aliphatic heterocycles. The minimum atomic E-state index is -2.65. The van der Waals surface area contributed by atoms with Crippen LogP contribution >= 0.6 is 0 Å². The Morgan fingerprint density at radius 3 is 2.25 bits per heavy atom. The third-order valence-corrected chi connectivity index (χ3v) is 2.88. The predicted molar refractivity (Wildman–Crippen MR) is 53.0 cm³/mol. The number of aliphatic hydroxyl groups excluding tert-OH is 2. The summed E-state index contributed by atoms with van der Waals surface area (Å²) in [6.45, 7) is -0.712. The molecule has 4 nitrogen and oxygen atoms in total. The van der Waals surface area contributed by atoms with Crippen molar-refractivity contribution in [3.8, 4) is 0 Å². The molecule has 0 aromatic rings. The van der Waals surface area contributed by atoms with Crippen molar-refractivity contribution < 1.29 is 23.8 Å². The van der Waals surface area contributed by atoms with Gasteiger partial charge in [-0.15, -0.1) is 0 Å². The maximum absolute atomic E-state index is 12.8. The minimum Gasteiger partial charge on any atom is -0.394 e. The van der Waals surface area contributed by atoms with Crippen LogP contribution in [0.25, 0.3) is 0 Å². The molecule has 0 bridgehead atoms. The first kappa shape index (κ1) is 13.3. The molecular weight excluding hydrogens is 220 g/mol. The second-order valence-corrected chi connectivity index (χ2v) is 4.20. The Morgan fingerprint density at radius 1 is 1.31 bits per heavy atom. The van der Waals surface area contributed by atoms with Gasteiger partial charge in [-0.3, -0.25) is 4.79 Å². The van der Waals surface area contributed by atoms with Crippen molar-refractivity contribution in [1.29, 1.82) is 0 Å². The highest BCUT2D eigenvalue weighted by Crippen LogP contribution is 2.36. The average molecular weight is 237 g/mol. The normalized spacial score (nSPS) is 21.1. The van der Waals surface area contributed by atoms with Crippen molar-refractivity contribution >= 4 is 5.91 Å². The molecule has 1 aliphatic rings. The Labute approximate surface area is 92.6 Å². The molecular formula is C10H17F2NO3. The van der Waals surface area contributed by atoms with E-state index in [0.717, 1.165) is 0 Å². The number of alkyl halides is 2. The summed E-state index contributed by atoms with van der Waals surface area (Å²) >= 11 is 0. The van der Waals surface area contributed by atoms with Gasteiger partial charge in [-0.25, -0.2) is 8.78 Å². The van der Waals surface area contributed by atoms with E-state index in [-0.39, 0.29) is 44.8 Å². The van der Waals surface area contributed by atoms with E-state index in [1.54, 1.807) is 0 Å². The third-order valence-electron chi connectivity index (χ3n) is 2.88. The Balaban J connectivity index is 2.38. The second-order valence-electron chi connectivity index (χ2n) is 4.20. The van der Waals surface area contributed by atoms with Crippen molar-refractivity contribution in [2.75, 3.05) is 13.2 Å². The van der Waals surface area contributed by atoms with E-state index < -0.39 is 17.9 Å². The fourth-order valence-electron chi connectivity index (χ4n) is 1.77. The number of hydrogen-bond acceptors (Lipinski definition) is 3. The molecule has 6 heteroatoms. The topological polar surface area (TPSA) is 69.6 Å². The van der Waals surface area contributed by atoms with Crippen molar-refractivity contribution in [3.05, 3.63) is 0 Å². The number of rotatable bonds is 4. The first-order valence-electron chi connectivity index (χ1n) is 5.38. The van der Waals surface area contributed by atoms with Crippen molar-refractivity contribution in [3.63, 3.8) is 0 Å². The summed E-state index contributed by atoms with van der Waals surface area (Å²) in [5, 5.41) is 20.0. The molecule has 0 saturated heterocycles. The largest absolute Gasteiger partial charge is 0.394 e. The van der Waals surface area contributed by atoms with Gasteiger partial charge in [0.1, 0.15) is 0 Å². The van der Waals surface area contributed by atoms with Crippen LogP contribution in [-0.4, -0.2) is 41.3 Å². The van der Waals surface area contributed by atoms with Gasteiger partial charge in [0.15, 0.2) is 0 Å². The van der Waals surface area contributed by atoms with E-state index in [4.69, 9.17) is 10.2 Å². The predicted octanol–water partition coefficient (Wildman–Crippen LogP) is 0.281. The number of amides is 1. The van der Waals surface area contributed by atoms with Crippen LogP contribution in [0.15, 0.2) is 0 Å². The van der Waals surface area contributed by atoms with Gasteiger partial charge in [0.05, 0.1) is 19.3 Å². The van der Waals surface area contributed by atoms with Gasteiger partial charge < -0.3 is 15.5 Å². The fraction of sp³-hybridized carbons (Fsp3) is 0.900. The number of aliphatic hydroxyl groups is 2. The summed E-state index contributed by atoms with van der Waals surface area (Å²) in [6.07, 6.45) is -0.229. The lowest BCUT2D eigenvalue weighted by Gasteiger charge is -2.28. The van der Waals surface area contributed by atoms with E-state index in [1.165, 1.54) is 0 Å². The van der Waals surface area contributed by atoms with Gasteiger partial charge in [0, 0.05) is 18.8 Å². The van der Waals surface area contributed by atoms with Gasteiger partial charge in [0.2, 0.25) is 11.8 Å². The first-order chi connectivity index (χ1) is 7.48. The van der Waals surface area contributed by atoms with Gasteiger partial charge in [-0.05, 0) is 12.8 Å². The number of carbonyl (C=O) groups is 1. The fourth-order valence-corrected chi connectivity index (χ4v) is 1.77. The molecule has 0 aromatic carbocycles. The molecule has 1 rings (SSSR count). The van der Waals surface area contributed by atoms with Gasteiger partial charge in [-0.2, -0.15) is 0 Å². The van der Waals surface area contributed by atoms with E-state index in [2.05, 4.69) is 5.32 Å². The highest BCUT2D eigenvalue weighted by Gasteiger charge is 2.37. The molecule has 3 N–H and O–H groups in total. The molecule has 1 aliphatic carbocycles. The van der Waals surface area contributed by atoms with Crippen molar-refractivity contribution in [2.45, 2.75) is 37.6 Å². The van der Waals surface area contributed by atoms with Crippen LogP contribution in [-0.2, 0) is 4.79 Å². The molecule has 1 saturated carbocycles. The highest BCUT2D eigenvalue weighted by molar-refractivity contribution is 5.79. The summed E-state index contributed by atoms with van der Waals surface area (Å²) in [5.74, 6) is -3.44. The minimum absolute atomic E-state index is 0.155. The molecule has 1 fully saturated rings. The lowest BCUT2D eigenvalue weighted by Crippen LogP contribution is -2.44. The molecule has 0 radical (unpaired) electrons. The summed E-state index contributed by atoms with van der Waals surface area (Å²) in [5.41, 5.74) is 0. The van der Waals surface area contributed by atoms with Gasteiger partial charge in [-0.1, -0.05) is 0 Å². The number of halogens is 2. The van der Waals surface area contributed by atoms with Crippen LogP contribution in [0.4, 0.5) is 8.78 Å². The van der Waals surface area contributed by atoms with Crippen LogP contribution < -0.4 is 5.32 Å². The Hall–Kier alpha value is -0.750. The highest BCUT2D eigenvalue weighted by atomic mass is 19.3. The van der Waals surface area contributed by atoms with Crippen LogP contribution in [0.2, 0.25) is 0 Å². The monoisotopic (exact) mass is 237 g/mol. The summed E-state index contributed by atoms with van der Waals surface area (Å²) in [4.78, 5) is 11.6. The van der Waals surface area contributed by atoms with Gasteiger partial charge >= 0.3 is 0 Å². The molecule has 16 heavy (non-hydrogen) atoms. The zero-order valence-electron chi connectivity index (χ0n) is 8.96. The number of nitrogens with one attached hydrogen (secondary N) is 1. The van der Waals surface area contributed by atoms with E-state index in [9.17, 15) is 13.6 Å².